The molecule has 2 aliphatic rings. The van der Waals surface area contributed by atoms with Crippen LogP contribution >= 0.6 is 0 Å². The van der Waals surface area contributed by atoms with E-state index in [2.05, 4.69) is 33.8 Å². The summed E-state index contributed by atoms with van der Waals surface area (Å²) in [7, 11) is 0. The molecule has 2 atom stereocenters. The molecule has 26 heavy (non-hydrogen) atoms. The van der Waals surface area contributed by atoms with E-state index < -0.39 is 0 Å². The third kappa shape index (κ3) is 11.1. The molecular formula is C24H47NO. The molecule has 0 bridgehead atoms. The van der Waals surface area contributed by atoms with Crippen LogP contribution in [0.3, 0.4) is 0 Å². The number of aliphatic hydroxyl groups is 1. The summed E-state index contributed by atoms with van der Waals surface area (Å²) < 4.78 is 0. The van der Waals surface area contributed by atoms with Crippen LogP contribution in [0, 0.1) is 17.8 Å². The first-order valence-electron chi connectivity index (χ1n) is 11.2. The van der Waals surface area contributed by atoms with E-state index >= 15 is 0 Å². The van der Waals surface area contributed by atoms with Crippen molar-refractivity contribution in [1.29, 1.82) is 0 Å². The van der Waals surface area contributed by atoms with Gasteiger partial charge in [0.2, 0.25) is 0 Å². The summed E-state index contributed by atoms with van der Waals surface area (Å²) in [6.45, 7) is 12.7. The van der Waals surface area contributed by atoms with Crippen LogP contribution in [0.1, 0.15) is 106 Å². The summed E-state index contributed by atoms with van der Waals surface area (Å²) in [6, 6.07) is 0. The molecule has 1 saturated carbocycles. The second-order valence-corrected chi connectivity index (χ2v) is 8.21. The second-order valence-electron chi connectivity index (χ2n) is 8.21. The number of allylic oxidation sites excluding steroid dienone is 3. The molecule has 0 spiro atoms. The number of rotatable bonds is 7. The molecule has 0 aromatic carbocycles. The quantitative estimate of drug-likeness (QED) is 0.478. The fourth-order valence-corrected chi connectivity index (χ4v) is 3.66. The van der Waals surface area contributed by atoms with Crippen molar-refractivity contribution in [3.05, 3.63) is 23.4 Å². The molecule has 2 rings (SSSR count). The van der Waals surface area contributed by atoms with E-state index in [4.69, 9.17) is 5.73 Å². The molecule has 0 radical (unpaired) electrons. The second kappa shape index (κ2) is 15.3. The summed E-state index contributed by atoms with van der Waals surface area (Å²) in [5, 5.41) is 9.41. The maximum atomic E-state index is 9.41. The Labute approximate surface area is 164 Å². The van der Waals surface area contributed by atoms with E-state index in [1.165, 1.54) is 50.5 Å². The smallest absolute Gasteiger partial charge is 0.0540 e. The highest BCUT2D eigenvalue weighted by Crippen LogP contribution is 2.34. The molecule has 0 aliphatic heterocycles. The van der Waals surface area contributed by atoms with Gasteiger partial charge in [0.1, 0.15) is 0 Å². The zero-order chi connectivity index (χ0) is 19.9. The van der Waals surface area contributed by atoms with Crippen LogP contribution in [0.5, 0.6) is 0 Å². The van der Waals surface area contributed by atoms with Gasteiger partial charge in [-0.15, -0.1) is 0 Å². The minimum atomic E-state index is -0.0295. The van der Waals surface area contributed by atoms with Crippen LogP contribution in [0.4, 0.5) is 0 Å². The molecule has 2 unspecified atom stereocenters. The molecule has 0 aromatic rings. The Morgan fingerprint density at radius 3 is 2.27 bits per heavy atom. The highest BCUT2D eigenvalue weighted by atomic mass is 16.3. The third-order valence-corrected chi connectivity index (χ3v) is 5.68. The van der Waals surface area contributed by atoms with E-state index in [0.29, 0.717) is 0 Å². The minimum Gasteiger partial charge on any atom is -0.405 e. The van der Waals surface area contributed by atoms with Crippen molar-refractivity contribution in [3.63, 3.8) is 0 Å². The largest absolute Gasteiger partial charge is 0.405 e. The van der Waals surface area contributed by atoms with Crippen molar-refractivity contribution in [3.8, 4) is 0 Å². The molecule has 0 amide bonds. The van der Waals surface area contributed by atoms with Crippen LogP contribution in [0.25, 0.3) is 0 Å². The van der Waals surface area contributed by atoms with Crippen molar-refractivity contribution in [2.24, 2.45) is 23.5 Å². The summed E-state index contributed by atoms with van der Waals surface area (Å²) in [5.74, 6) is 2.41. The first-order valence-corrected chi connectivity index (χ1v) is 11.2. The van der Waals surface area contributed by atoms with Crippen LogP contribution in [0.2, 0.25) is 0 Å². The Morgan fingerprint density at radius 2 is 1.81 bits per heavy atom. The zero-order valence-electron chi connectivity index (χ0n) is 18.6. The molecule has 0 saturated heterocycles. The van der Waals surface area contributed by atoms with E-state index in [0.717, 1.165) is 37.0 Å². The first kappa shape index (κ1) is 25.2. The van der Waals surface area contributed by atoms with Crippen LogP contribution in [0.15, 0.2) is 23.4 Å². The number of hydrogen-bond donors (Lipinski definition) is 2. The third-order valence-electron chi connectivity index (χ3n) is 5.68. The topological polar surface area (TPSA) is 46.2 Å². The van der Waals surface area contributed by atoms with Crippen molar-refractivity contribution >= 4 is 0 Å². The standard InChI is InChI=1S/C12H21N.C10H20O.C2H6/c1-9(2)12-6-11(7-12)5-4-10(3)8-13;1-2-10(11)8-9-6-4-3-5-7-9;1-2/h6,8-9,11H,4-5,7,13H2,1-3H3;9-11H,2-8H2,1H3;1-2H3/b10-8+;;. The lowest BCUT2D eigenvalue weighted by Crippen LogP contribution is -2.14. The lowest BCUT2D eigenvalue weighted by atomic mass is 9.78. The monoisotopic (exact) mass is 365 g/mol. The van der Waals surface area contributed by atoms with Gasteiger partial charge in [-0.2, -0.15) is 0 Å². The Morgan fingerprint density at radius 1 is 1.23 bits per heavy atom. The maximum absolute atomic E-state index is 9.41. The molecule has 2 aliphatic carbocycles. The van der Waals surface area contributed by atoms with Gasteiger partial charge >= 0.3 is 0 Å². The van der Waals surface area contributed by atoms with Gasteiger partial charge in [-0.1, -0.05) is 83.9 Å². The predicted molar refractivity (Wildman–Crippen MR) is 117 cm³/mol. The van der Waals surface area contributed by atoms with E-state index in [9.17, 15) is 5.11 Å². The van der Waals surface area contributed by atoms with Crippen molar-refractivity contribution < 1.29 is 5.11 Å². The molecule has 3 N–H and O–H groups in total. The van der Waals surface area contributed by atoms with Crippen LogP contribution in [-0.2, 0) is 0 Å². The van der Waals surface area contributed by atoms with Gasteiger partial charge in [-0.3, -0.25) is 0 Å². The molecule has 0 aromatic heterocycles. The molecule has 1 fully saturated rings. The fourth-order valence-electron chi connectivity index (χ4n) is 3.66. The van der Waals surface area contributed by atoms with Gasteiger partial charge in [0.05, 0.1) is 6.10 Å². The van der Waals surface area contributed by atoms with Crippen LogP contribution in [-0.4, -0.2) is 11.2 Å². The summed E-state index contributed by atoms with van der Waals surface area (Å²) in [5.41, 5.74) is 8.37. The Balaban J connectivity index is 0.000000444. The summed E-state index contributed by atoms with van der Waals surface area (Å²) >= 11 is 0. The molecule has 2 nitrogen and oxygen atoms in total. The lowest BCUT2D eigenvalue weighted by Gasteiger charge is -2.28. The normalized spacial score (nSPS) is 21.6. The van der Waals surface area contributed by atoms with Gasteiger partial charge in [0.25, 0.3) is 0 Å². The molecule has 154 valence electrons. The first-order chi connectivity index (χ1) is 12.5. The zero-order valence-corrected chi connectivity index (χ0v) is 18.6. The van der Waals surface area contributed by atoms with Crippen molar-refractivity contribution in [2.75, 3.05) is 0 Å². The van der Waals surface area contributed by atoms with Gasteiger partial charge in [-0.25, -0.2) is 0 Å². The Bertz CT molecular complexity index is 391. The maximum Gasteiger partial charge on any atom is 0.0540 e. The van der Waals surface area contributed by atoms with E-state index in [1.807, 2.05) is 13.8 Å². The van der Waals surface area contributed by atoms with Gasteiger partial charge in [0, 0.05) is 0 Å². The van der Waals surface area contributed by atoms with E-state index in [-0.39, 0.29) is 6.10 Å². The lowest BCUT2D eigenvalue weighted by molar-refractivity contribution is 0.126. The number of aliphatic hydroxyl groups excluding tert-OH is 1. The average molecular weight is 366 g/mol. The Hall–Kier alpha value is -0.760. The van der Waals surface area contributed by atoms with E-state index in [1.54, 1.807) is 11.8 Å². The summed E-state index contributed by atoms with van der Waals surface area (Å²) in [6.07, 6.45) is 16.8. The average Bonchev–Trinajstić information content (AvgIpc) is 2.62. The Kier molecular flexibility index (Phi) is 14.9. The molecular weight excluding hydrogens is 318 g/mol. The molecule has 2 heteroatoms. The van der Waals surface area contributed by atoms with Gasteiger partial charge in [0.15, 0.2) is 0 Å². The highest BCUT2D eigenvalue weighted by molar-refractivity contribution is 5.19. The highest BCUT2D eigenvalue weighted by Gasteiger charge is 2.20. The van der Waals surface area contributed by atoms with Gasteiger partial charge < -0.3 is 10.8 Å². The fraction of sp³-hybridized carbons (Fsp3) is 0.833. The number of nitrogens with two attached hydrogens (primary N) is 1. The molecule has 0 heterocycles. The number of hydrogen-bond acceptors (Lipinski definition) is 2. The van der Waals surface area contributed by atoms with Crippen molar-refractivity contribution in [1.82, 2.24) is 0 Å². The van der Waals surface area contributed by atoms with Crippen molar-refractivity contribution in [2.45, 2.75) is 112 Å². The predicted octanol–water partition coefficient (Wildman–Crippen LogP) is 6.99. The minimum absolute atomic E-state index is 0.0295. The summed E-state index contributed by atoms with van der Waals surface area (Å²) in [4.78, 5) is 0. The van der Waals surface area contributed by atoms with Gasteiger partial charge in [-0.05, 0) is 63.0 Å². The SMILES string of the molecule is C/C(=C\N)CCC1C=C(C(C)C)C1.CC.CCC(O)CC1CCCCC1. The van der Waals surface area contributed by atoms with Crippen LogP contribution < -0.4 is 5.73 Å².